The Morgan fingerprint density at radius 1 is 1.22 bits per heavy atom. The SMILES string of the molecule is CC(=O)NCC(=O)NCC(=O)N1CCCc2c(N)cccc21.Cl. The van der Waals surface area contributed by atoms with E-state index >= 15 is 0 Å². The summed E-state index contributed by atoms with van der Waals surface area (Å²) < 4.78 is 0. The highest BCUT2D eigenvalue weighted by atomic mass is 35.5. The molecule has 1 aromatic carbocycles. The lowest BCUT2D eigenvalue weighted by Crippen LogP contribution is -2.45. The number of carbonyl (C=O) groups excluding carboxylic acids is 3. The average molecular weight is 341 g/mol. The van der Waals surface area contributed by atoms with E-state index in [9.17, 15) is 14.4 Å². The third kappa shape index (κ3) is 4.85. The van der Waals surface area contributed by atoms with Gasteiger partial charge in [0.25, 0.3) is 0 Å². The number of anilines is 2. The minimum Gasteiger partial charge on any atom is -0.398 e. The van der Waals surface area contributed by atoms with Gasteiger partial charge in [0.2, 0.25) is 17.7 Å². The van der Waals surface area contributed by atoms with E-state index < -0.39 is 5.91 Å². The zero-order valence-corrected chi connectivity index (χ0v) is 13.7. The van der Waals surface area contributed by atoms with E-state index in [0.29, 0.717) is 12.2 Å². The van der Waals surface area contributed by atoms with Crippen molar-refractivity contribution < 1.29 is 14.4 Å². The first-order valence-corrected chi connectivity index (χ1v) is 7.18. The number of carbonyl (C=O) groups is 3. The van der Waals surface area contributed by atoms with Crippen LogP contribution < -0.4 is 21.3 Å². The molecule has 0 spiro atoms. The number of halogens is 1. The van der Waals surface area contributed by atoms with Gasteiger partial charge in [-0.2, -0.15) is 0 Å². The van der Waals surface area contributed by atoms with Gasteiger partial charge in [0.05, 0.1) is 13.1 Å². The minimum absolute atomic E-state index is 0. The maximum absolute atomic E-state index is 12.3. The number of fused-ring (bicyclic) bond motifs is 1. The number of rotatable bonds is 4. The average Bonchev–Trinajstić information content (AvgIpc) is 2.50. The quantitative estimate of drug-likeness (QED) is 0.682. The minimum atomic E-state index is -0.395. The van der Waals surface area contributed by atoms with Crippen molar-refractivity contribution in [2.24, 2.45) is 0 Å². The molecule has 23 heavy (non-hydrogen) atoms. The second kappa shape index (κ2) is 8.38. The highest BCUT2D eigenvalue weighted by molar-refractivity contribution is 5.98. The molecule has 0 aliphatic carbocycles. The molecule has 1 aliphatic rings. The van der Waals surface area contributed by atoms with Crippen molar-refractivity contribution in [2.75, 3.05) is 30.3 Å². The smallest absolute Gasteiger partial charge is 0.246 e. The fourth-order valence-electron chi connectivity index (χ4n) is 2.45. The van der Waals surface area contributed by atoms with Gasteiger partial charge in [-0.1, -0.05) is 6.07 Å². The van der Waals surface area contributed by atoms with Crippen molar-refractivity contribution in [1.82, 2.24) is 10.6 Å². The molecule has 0 bridgehead atoms. The largest absolute Gasteiger partial charge is 0.398 e. The van der Waals surface area contributed by atoms with Gasteiger partial charge in [0, 0.05) is 24.8 Å². The highest BCUT2D eigenvalue weighted by Gasteiger charge is 2.23. The molecule has 0 fully saturated rings. The van der Waals surface area contributed by atoms with Crippen LogP contribution in [0.2, 0.25) is 0 Å². The Kier molecular flexibility index (Phi) is 6.84. The Bertz CT molecular complexity index is 606. The summed E-state index contributed by atoms with van der Waals surface area (Å²) in [5.74, 6) is -0.877. The lowest BCUT2D eigenvalue weighted by molar-refractivity contribution is -0.126. The molecular weight excluding hydrogens is 320 g/mol. The molecule has 1 aliphatic heterocycles. The van der Waals surface area contributed by atoms with Crippen LogP contribution in [-0.2, 0) is 20.8 Å². The first-order valence-electron chi connectivity index (χ1n) is 7.18. The summed E-state index contributed by atoms with van der Waals surface area (Å²) in [6.07, 6.45) is 1.69. The Morgan fingerprint density at radius 3 is 2.65 bits per heavy atom. The van der Waals surface area contributed by atoms with E-state index in [4.69, 9.17) is 5.73 Å². The number of hydrogen-bond donors (Lipinski definition) is 3. The van der Waals surface area contributed by atoms with Crippen LogP contribution in [0.3, 0.4) is 0 Å². The number of nitrogens with zero attached hydrogens (tertiary/aromatic N) is 1. The molecule has 2 rings (SSSR count). The summed E-state index contributed by atoms with van der Waals surface area (Å²) in [7, 11) is 0. The van der Waals surface area contributed by atoms with E-state index in [1.807, 2.05) is 18.2 Å². The van der Waals surface area contributed by atoms with Crippen molar-refractivity contribution in [3.63, 3.8) is 0 Å². The summed E-state index contributed by atoms with van der Waals surface area (Å²) in [6, 6.07) is 5.50. The number of nitrogens with one attached hydrogen (secondary N) is 2. The molecule has 7 nitrogen and oxygen atoms in total. The monoisotopic (exact) mass is 340 g/mol. The molecule has 0 unspecified atom stereocenters. The number of benzene rings is 1. The number of nitrogens with two attached hydrogens (primary N) is 1. The van der Waals surface area contributed by atoms with E-state index in [0.717, 1.165) is 24.1 Å². The standard InChI is InChI=1S/C15H20N4O3.ClH/c1-10(20)17-8-14(21)18-9-15(22)19-7-3-4-11-12(16)5-2-6-13(11)19;/h2,5-6H,3-4,7-9,16H2,1H3,(H,17,20)(H,18,21);1H. The molecule has 0 aromatic heterocycles. The van der Waals surface area contributed by atoms with Crippen molar-refractivity contribution >= 4 is 41.5 Å². The molecule has 1 aromatic rings. The summed E-state index contributed by atoms with van der Waals surface area (Å²) in [5, 5.41) is 4.88. The second-order valence-corrected chi connectivity index (χ2v) is 5.18. The maximum Gasteiger partial charge on any atom is 0.246 e. The van der Waals surface area contributed by atoms with Gasteiger partial charge in [-0.25, -0.2) is 0 Å². The van der Waals surface area contributed by atoms with Gasteiger partial charge in [0.15, 0.2) is 0 Å². The second-order valence-electron chi connectivity index (χ2n) is 5.18. The van der Waals surface area contributed by atoms with Gasteiger partial charge in [-0.3, -0.25) is 14.4 Å². The molecule has 4 N–H and O–H groups in total. The van der Waals surface area contributed by atoms with Crippen molar-refractivity contribution in [3.8, 4) is 0 Å². The van der Waals surface area contributed by atoms with Crippen molar-refractivity contribution in [1.29, 1.82) is 0 Å². The summed E-state index contributed by atoms with van der Waals surface area (Å²) >= 11 is 0. The predicted molar refractivity (Wildman–Crippen MR) is 90.5 cm³/mol. The van der Waals surface area contributed by atoms with Crippen LogP contribution in [0, 0.1) is 0 Å². The fraction of sp³-hybridized carbons (Fsp3) is 0.400. The summed E-state index contributed by atoms with van der Waals surface area (Å²) in [6.45, 7) is 1.70. The van der Waals surface area contributed by atoms with Crippen LogP contribution in [0.15, 0.2) is 18.2 Å². The van der Waals surface area contributed by atoms with E-state index in [-0.39, 0.29) is 37.3 Å². The first kappa shape index (κ1) is 18.8. The van der Waals surface area contributed by atoms with Gasteiger partial charge in [-0.05, 0) is 30.5 Å². The molecule has 0 radical (unpaired) electrons. The van der Waals surface area contributed by atoms with Crippen LogP contribution in [0.5, 0.6) is 0 Å². The van der Waals surface area contributed by atoms with Gasteiger partial charge < -0.3 is 21.3 Å². The first-order chi connectivity index (χ1) is 10.5. The zero-order chi connectivity index (χ0) is 16.1. The van der Waals surface area contributed by atoms with Crippen LogP contribution in [0.1, 0.15) is 18.9 Å². The van der Waals surface area contributed by atoms with Gasteiger partial charge in [-0.15, -0.1) is 12.4 Å². The van der Waals surface area contributed by atoms with Crippen molar-refractivity contribution in [3.05, 3.63) is 23.8 Å². The molecule has 0 saturated carbocycles. The van der Waals surface area contributed by atoms with E-state index in [1.54, 1.807) is 4.90 Å². The van der Waals surface area contributed by atoms with E-state index in [2.05, 4.69) is 10.6 Å². The molecule has 8 heteroatoms. The Labute approximate surface area is 141 Å². The predicted octanol–water partition coefficient (Wildman–Crippen LogP) is 0.222. The summed E-state index contributed by atoms with van der Waals surface area (Å²) in [4.78, 5) is 36.2. The van der Waals surface area contributed by atoms with Crippen LogP contribution in [0.4, 0.5) is 11.4 Å². The van der Waals surface area contributed by atoms with Gasteiger partial charge in [0.1, 0.15) is 0 Å². The Hall–Kier alpha value is -2.28. The third-order valence-electron chi connectivity index (χ3n) is 3.52. The fourth-order valence-corrected chi connectivity index (χ4v) is 2.45. The number of amides is 3. The normalized spacial score (nSPS) is 12.7. The molecule has 126 valence electrons. The van der Waals surface area contributed by atoms with Crippen LogP contribution in [-0.4, -0.2) is 37.4 Å². The van der Waals surface area contributed by atoms with Gasteiger partial charge >= 0.3 is 0 Å². The molecule has 0 atom stereocenters. The molecule has 3 amide bonds. The Morgan fingerprint density at radius 2 is 1.96 bits per heavy atom. The van der Waals surface area contributed by atoms with Crippen molar-refractivity contribution in [2.45, 2.75) is 19.8 Å². The van der Waals surface area contributed by atoms with Crippen LogP contribution in [0.25, 0.3) is 0 Å². The van der Waals surface area contributed by atoms with E-state index in [1.165, 1.54) is 6.92 Å². The lowest BCUT2D eigenvalue weighted by atomic mass is 10.00. The third-order valence-corrected chi connectivity index (χ3v) is 3.52. The molecule has 0 saturated heterocycles. The summed E-state index contributed by atoms with van der Waals surface area (Å²) in [5.41, 5.74) is 8.42. The molecular formula is C15H21ClN4O3. The van der Waals surface area contributed by atoms with Crippen LogP contribution >= 0.6 is 12.4 Å². The maximum atomic E-state index is 12.3. The highest BCUT2D eigenvalue weighted by Crippen LogP contribution is 2.31. The number of nitrogen functional groups attached to an aromatic ring is 1. The topological polar surface area (TPSA) is 105 Å². The zero-order valence-electron chi connectivity index (χ0n) is 12.9. The lowest BCUT2D eigenvalue weighted by Gasteiger charge is -2.30. The Balaban J connectivity index is 0.00000264. The number of hydrogen-bond acceptors (Lipinski definition) is 4. The molecule has 1 heterocycles.